The molecule has 1 heterocycles. The van der Waals surface area contributed by atoms with Gasteiger partial charge in [-0.25, -0.2) is 0 Å². The summed E-state index contributed by atoms with van der Waals surface area (Å²) in [4.78, 5) is 10.7. The average molecular weight is 274 g/mol. The maximum Gasteiger partial charge on any atom is 0.320 e. The van der Waals surface area contributed by atoms with Crippen LogP contribution in [0, 0.1) is 6.92 Å². The lowest BCUT2D eigenvalue weighted by atomic mass is 10.1. The second-order valence-corrected chi connectivity index (χ2v) is 4.24. The van der Waals surface area contributed by atoms with Gasteiger partial charge in [0, 0.05) is 5.69 Å². The van der Waals surface area contributed by atoms with Crippen molar-refractivity contribution >= 4 is 17.6 Å². The van der Waals surface area contributed by atoms with E-state index in [1.54, 1.807) is 31.2 Å². The minimum absolute atomic E-state index is 0.278. The molecule has 0 aliphatic rings. The summed E-state index contributed by atoms with van der Waals surface area (Å²) in [6.07, 6.45) is 0.278. The maximum absolute atomic E-state index is 10.7. The zero-order valence-electron chi connectivity index (χ0n) is 10.8. The van der Waals surface area contributed by atoms with Crippen LogP contribution in [0.4, 0.5) is 11.6 Å². The van der Waals surface area contributed by atoms with Crippen LogP contribution in [0.1, 0.15) is 11.4 Å². The van der Waals surface area contributed by atoms with Crippen LogP contribution in [0.5, 0.6) is 0 Å². The SMILES string of the molecule is Cc1nnc(Nc2ccc(CC(N)C(=O)O)cc2)nn1. The van der Waals surface area contributed by atoms with E-state index in [0.717, 1.165) is 11.3 Å². The van der Waals surface area contributed by atoms with Gasteiger partial charge in [-0.05, 0) is 31.0 Å². The molecule has 1 aromatic heterocycles. The molecule has 0 fully saturated rings. The summed E-state index contributed by atoms with van der Waals surface area (Å²) in [7, 11) is 0. The Morgan fingerprint density at radius 2 is 1.85 bits per heavy atom. The second-order valence-electron chi connectivity index (χ2n) is 4.24. The Hall–Kier alpha value is -2.61. The third kappa shape index (κ3) is 3.69. The van der Waals surface area contributed by atoms with Crippen molar-refractivity contribution in [3.05, 3.63) is 35.7 Å². The summed E-state index contributed by atoms with van der Waals surface area (Å²) >= 11 is 0. The highest BCUT2D eigenvalue weighted by Gasteiger charge is 2.11. The van der Waals surface area contributed by atoms with E-state index in [-0.39, 0.29) is 6.42 Å². The molecule has 1 atom stereocenters. The van der Waals surface area contributed by atoms with Gasteiger partial charge < -0.3 is 16.2 Å². The van der Waals surface area contributed by atoms with Crippen molar-refractivity contribution < 1.29 is 9.90 Å². The maximum atomic E-state index is 10.7. The van der Waals surface area contributed by atoms with Crippen LogP contribution < -0.4 is 11.1 Å². The van der Waals surface area contributed by atoms with Gasteiger partial charge in [-0.3, -0.25) is 4.79 Å². The summed E-state index contributed by atoms with van der Waals surface area (Å²) in [6, 6.07) is 6.25. The molecular formula is C12H14N6O2. The number of aryl methyl sites for hydroxylation is 1. The zero-order valence-corrected chi connectivity index (χ0v) is 10.8. The van der Waals surface area contributed by atoms with Gasteiger partial charge in [-0.2, -0.15) is 0 Å². The summed E-state index contributed by atoms with van der Waals surface area (Å²) in [5.74, 6) is -0.225. The number of hydrogen-bond donors (Lipinski definition) is 3. The molecule has 0 spiro atoms. The van der Waals surface area contributed by atoms with Gasteiger partial charge in [-0.15, -0.1) is 20.4 Å². The molecule has 0 amide bonds. The fraction of sp³-hybridized carbons (Fsp3) is 0.250. The van der Waals surface area contributed by atoms with Crippen LogP contribution in [0.3, 0.4) is 0 Å². The van der Waals surface area contributed by atoms with Crippen molar-refractivity contribution in [2.24, 2.45) is 5.73 Å². The number of rotatable bonds is 5. The molecule has 0 aliphatic heterocycles. The van der Waals surface area contributed by atoms with Crippen LogP contribution >= 0.6 is 0 Å². The van der Waals surface area contributed by atoms with Crippen LogP contribution in [0.25, 0.3) is 0 Å². The molecule has 2 aromatic rings. The largest absolute Gasteiger partial charge is 0.480 e. The smallest absolute Gasteiger partial charge is 0.320 e. The zero-order chi connectivity index (χ0) is 14.5. The van der Waals surface area contributed by atoms with Crippen molar-refractivity contribution in [1.82, 2.24) is 20.4 Å². The molecule has 0 saturated heterocycles. The van der Waals surface area contributed by atoms with Gasteiger partial charge >= 0.3 is 5.97 Å². The lowest BCUT2D eigenvalue weighted by Crippen LogP contribution is -2.32. The van der Waals surface area contributed by atoms with Gasteiger partial charge in [0.05, 0.1) is 0 Å². The normalized spacial score (nSPS) is 11.9. The van der Waals surface area contributed by atoms with E-state index >= 15 is 0 Å². The quantitative estimate of drug-likeness (QED) is 0.709. The number of nitrogens with two attached hydrogens (primary N) is 1. The molecule has 0 aliphatic carbocycles. The highest BCUT2D eigenvalue weighted by atomic mass is 16.4. The molecule has 104 valence electrons. The molecule has 2 rings (SSSR count). The third-order valence-corrected chi connectivity index (χ3v) is 2.56. The number of carbonyl (C=O) groups is 1. The summed E-state index contributed by atoms with van der Waals surface area (Å²) < 4.78 is 0. The first-order chi connectivity index (χ1) is 9.54. The number of carboxylic acids is 1. The third-order valence-electron chi connectivity index (χ3n) is 2.56. The topological polar surface area (TPSA) is 127 Å². The van der Waals surface area contributed by atoms with E-state index in [4.69, 9.17) is 10.8 Å². The Balaban J connectivity index is 2.01. The van der Waals surface area contributed by atoms with Crippen molar-refractivity contribution in [1.29, 1.82) is 0 Å². The number of hydrogen-bond acceptors (Lipinski definition) is 7. The molecule has 0 saturated carbocycles. The van der Waals surface area contributed by atoms with Crippen LogP contribution in [0.2, 0.25) is 0 Å². The minimum Gasteiger partial charge on any atom is -0.480 e. The highest BCUT2D eigenvalue weighted by Crippen LogP contribution is 2.13. The Morgan fingerprint density at radius 3 is 2.40 bits per heavy atom. The number of nitrogens with zero attached hydrogens (tertiary/aromatic N) is 4. The molecule has 8 heteroatoms. The Bertz CT molecular complexity index is 584. The average Bonchev–Trinajstić information content (AvgIpc) is 2.43. The molecule has 1 aromatic carbocycles. The molecule has 0 bridgehead atoms. The molecule has 20 heavy (non-hydrogen) atoms. The predicted octanol–water partition coefficient (Wildman–Crippen LogP) is 0.273. The van der Waals surface area contributed by atoms with Crippen LogP contribution in [-0.4, -0.2) is 37.5 Å². The Labute approximate surface area is 115 Å². The first kappa shape index (κ1) is 13.8. The summed E-state index contributed by atoms with van der Waals surface area (Å²) in [6.45, 7) is 1.70. The summed E-state index contributed by atoms with van der Waals surface area (Å²) in [5, 5.41) is 26.9. The van der Waals surface area contributed by atoms with Gasteiger partial charge in [0.2, 0.25) is 0 Å². The fourth-order valence-corrected chi connectivity index (χ4v) is 1.52. The van der Waals surface area contributed by atoms with Crippen molar-refractivity contribution in [3.8, 4) is 0 Å². The fourth-order valence-electron chi connectivity index (χ4n) is 1.52. The number of aromatic nitrogens is 4. The minimum atomic E-state index is -1.02. The molecule has 8 nitrogen and oxygen atoms in total. The summed E-state index contributed by atoms with van der Waals surface area (Å²) in [5.41, 5.74) is 7.07. The first-order valence-electron chi connectivity index (χ1n) is 5.93. The monoisotopic (exact) mass is 274 g/mol. The van der Waals surface area contributed by atoms with E-state index < -0.39 is 12.0 Å². The van der Waals surface area contributed by atoms with Crippen molar-refractivity contribution in [2.45, 2.75) is 19.4 Å². The highest BCUT2D eigenvalue weighted by molar-refractivity contribution is 5.73. The Morgan fingerprint density at radius 1 is 1.25 bits per heavy atom. The van der Waals surface area contributed by atoms with E-state index in [2.05, 4.69) is 25.7 Å². The predicted molar refractivity (Wildman–Crippen MR) is 71.4 cm³/mol. The molecule has 4 N–H and O–H groups in total. The van der Waals surface area contributed by atoms with E-state index in [1.807, 2.05) is 0 Å². The molecular weight excluding hydrogens is 260 g/mol. The van der Waals surface area contributed by atoms with Crippen LogP contribution in [-0.2, 0) is 11.2 Å². The lowest BCUT2D eigenvalue weighted by molar-refractivity contribution is -0.138. The van der Waals surface area contributed by atoms with Gasteiger partial charge in [0.25, 0.3) is 5.95 Å². The van der Waals surface area contributed by atoms with Crippen molar-refractivity contribution in [3.63, 3.8) is 0 Å². The number of anilines is 2. The van der Waals surface area contributed by atoms with Gasteiger partial charge in [0.1, 0.15) is 6.04 Å². The van der Waals surface area contributed by atoms with Crippen LogP contribution in [0.15, 0.2) is 24.3 Å². The standard InChI is InChI=1S/C12H14N6O2/c1-7-15-17-12(18-16-7)14-9-4-2-8(3-5-9)6-10(13)11(19)20/h2-5,10H,6,13H2,1H3,(H,19,20)(H,14,17,18). The van der Waals surface area contributed by atoms with E-state index in [9.17, 15) is 4.79 Å². The van der Waals surface area contributed by atoms with Gasteiger partial charge in [0.15, 0.2) is 5.82 Å². The lowest BCUT2D eigenvalue weighted by Gasteiger charge is -2.08. The first-order valence-corrected chi connectivity index (χ1v) is 5.93. The van der Waals surface area contributed by atoms with E-state index in [0.29, 0.717) is 11.8 Å². The second kappa shape index (κ2) is 6.02. The molecule has 1 unspecified atom stereocenters. The number of nitrogens with one attached hydrogen (secondary N) is 1. The van der Waals surface area contributed by atoms with E-state index in [1.165, 1.54) is 0 Å². The number of aliphatic carboxylic acids is 1. The van der Waals surface area contributed by atoms with Crippen molar-refractivity contribution in [2.75, 3.05) is 5.32 Å². The van der Waals surface area contributed by atoms with Gasteiger partial charge in [-0.1, -0.05) is 12.1 Å². The number of carboxylic acid groups (broad SMARTS) is 1. The number of benzene rings is 1. The molecule has 0 radical (unpaired) electrons. The Kier molecular flexibility index (Phi) is 4.16.